The first kappa shape index (κ1) is 12.4. The van der Waals surface area contributed by atoms with Gasteiger partial charge in [-0.25, -0.2) is 4.79 Å². The van der Waals surface area contributed by atoms with Crippen molar-refractivity contribution >= 4 is 11.7 Å². The molecule has 1 aromatic carbocycles. The molecule has 4 nitrogen and oxygen atoms in total. The number of anilines is 1. The van der Waals surface area contributed by atoms with Crippen LogP contribution in [0.2, 0.25) is 0 Å². The van der Waals surface area contributed by atoms with Crippen molar-refractivity contribution in [2.45, 2.75) is 19.4 Å². The molecule has 0 fully saturated rings. The van der Waals surface area contributed by atoms with Crippen LogP contribution in [0.4, 0.5) is 5.69 Å². The number of hydrogen-bond acceptors (Lipinski definition) is 3. The van der Waals surface area contributed by atoms with E-state index in [-0.39, 0.29) is 0 Å². The average Bonchev–Trinajstić information content (AvgIpc) is 2.29. The highest BCUT2D eigenvalue weighted by Crippen LogP contribution is 2.28. The third kappa shape index (κ3) is 2.45. The van der Waals surface area contributed by atoms with E-state index in [1.165, 1.54) is 0 Å². The maximum atomic E-state index is 11.1. The van der Waals surface area contributed by atoms with Crippen molar-refractivity contribution in [1.29, 1.82) is 0 Å². The first-order valence-electron chi connectivity index (χ1n) is 5.20. The van der Waals surface area contributed by atoms with Crippen LogP contribution in [0.15, 0.2) is 24.3 Å². The van der Waals surface area contributed by atoms with Crippen molar-refractivity contribution < 1.29 is 14.6 Å². The number of benzene rings is 1. The number of nitrogens with zero attached hydrogens (tertiary/aromatic N) is 1. The second-order valence-electron chi connectivity index (χ2n) is 3.55. The molecule has 0 saturated carbocycles. The Labute approximate surface area is 95.5 Å². The lowest BCUT2D eigenvalue weighted by Gasteiger charge is -2.27. The molecule has 0 aliphatic carbocycles. The molecule has 4 heteroatoms. The highest BCUT2D eigenvalue weighted by Gasteiger charge is 2.22. The second kappa shape index (κ2) is 5.39. The van der Waals surface area contributed by atoms with Gasteiger partial charge < -0.3 is 14.7 Å². The molecule has 88 valence electrons. The van der Waals surface area contributed by atoms with Gasteiger partial charge in [-0.3, -0.25) is 0 Å². The molecule has 0 aliphatic heterocycles. The Morgan fingerprint density at radius 3 is 2.62 bits per heavy atom. The van der Waals surface area contributed by atoms with Crippen molar-refractivity contribution in [2.24, 2.45) is 0 Å². The molecule has 0 aliphatic rings. The Balaban J connectivity index is 3.02. The number of carboxylic acids is 1. The van der Waals surface area contributed by atoms with Crippen LogP contribution in [0, 0.1) is 0 Å². The summed E-state index contributed by atoms with van der Waals surface area (Å²) < 4.78 is 5.21. The molecule has 0 spiro atoms. The highest BCUT2D eigenvalue weighted by atomic mass is 16.5. The van der Waals surface area contributed by atoms with E-state index in [0.29, 0.717) is 12.2 Å². The fourth-order valence-corrected chi connectivity index (χ4v) is 1.70. The predicted octanol–water partition coefficient (Wildman–Crippen LogP) is 1.99. The minimum absolute atomic E-state index is 0.531. The first-order chi connectivity index (χ1) is 7.61. The van der Waals surface area contributed by atoms with E-state index >= 15 is 0 Å². The maximum absolute atomic E-state index is 11.1. The molecule has 0 radical (unpaired) electrons. The normalized spacial score (nSPS) is 11.9. The molecule has 0 heterocycles. The molecule has 1 rings (SSSR count). The van der Waals surface area contributed by atoms with Crippen LogP contribution in [0.25, 0.3) is 0 Å². The Kier molecular flexibility index (Phi) is 4.17. The van der Waals surface area contributed by atoms with E-state index < -0.39 is 12.0 Å². The number of aliphatic carboxylic acids is 1. The quantitative estimate of drug-likeness (QED) is 0.829. The SMILES string of the molecule is CCC(C(=O)O)N(C)c1ccccc1OC. The molecule has 1 unspecified atom stereocenters. The number of para-hydroxylation sites is 2. The standard InChI is InChI=1S/C12H17NO3/c1-4-9(12(14)15)13(2)10-7-5-6-8-11(10)16-3/h5-9H,4H2,1-3H3,(H,14,15). The van der Waals surface area contributed by atoms with E-state index in [0.717, 1.165) is 5.69 Å². The van der Waals surface area contributed by atoms with Gasteiger partial charge in [-0.05, 0) is 18.6 Å². The van der Waals surface area contributed by atoms with Crippen LogP contribution in [0.3, 0.4) is 0 Å². The van der Waals surface area contributed by atoms with Gasteiger partial charge in [0.05, 0.1) is 12.8 Å². The average molecular weight is 223 g/mol. The van der Waals surface area contributed by atoms with Crippen LogP contribution >= 0.6 is 0 Å². The molecule has 0 saturated heterocycles. The number of carboxylic acid groups (broad SMARTS) is 1. The van der Waals surface area contributed by atoms with Crippen molar-refractivity contribution in [3.05, 3.63) is 24.3 Å². The number of hydrogen-bond donors (Lipinski definition) is 1. The van der Waals surface area contributed by atoms with E-state index in [4.69, 9.17) is 9.84 Å². The Morgan fingerprint density at radius 2 is 2.12 bits per heavy atom. The zero-order valence-electron chi connectivity index (χ0n) is 9.80. The minimum Gasteiger partial charge on any atom is -0.495 e. The molecule has 0 bridgehead atoms. The summed E-state index contributed by atoms with van der Waals surface area (Å²) in [6, 6.07) is 6.86. The summed E-state index contributed by atoms with van der Waals surface area (Å²) >= 11 is 0. The highest BCUT2D eigenvalue weighted by molar-refractivity contribution is 5.79. The summed E-state index contributed by atoms with van der Waals surface area (Å²) in [7, 11) is 3.34. The first-order valence-corrected chi connectivity index (χ1v) is 5.20. The van der Waals surface area contributed by atoms with Crippen LogP contribution < -0.4 is 9.64 Å². The number of likely N-dealkylation sites (N-methyl/N-ethyl adjacent to an activating group) is 1. The van der Waals surface area contributed by atoms with Crippen LogP contribution in [-0.2, 0) is 4.79 Å². The fourth-order valence-electron chi connectivity index (χ4n) is 1.70. The summed E-state index contributed by atoms with van der Waals surface area (Å²) in [4.78, 5) is 12.8. The van der Waals surface area contributed by atoms with E-state index in [1.54, 1.807) is 19.1 Å². The Morgan fingerprint density at radius 1 is 1.50 bits per heavy atom. The van der Waals surface area contributed by atoms with Crippen LogP contribution in [0.1, 0.15) is 13.3 Å². The zero-order chi connectivity index (χ0) is 12.1. The van der Waals surface area contributed by atoms with Crippen molar-refractivity contribution in [1.82, 2.24) is 0 Å². The van der Waals surface area contributed by atoms with Crippen LogP contribution in [0.5, 0.6) is 5.75 Å². The number of rotatable bonds is 5. The number of methoxy groups -OCH3 is 1. The largest absolute Gasteiger partial charge is 0.495 e. The monoisotopic (exact) mass is 223 g/mol. The summed E-state index contributed by atoms with van der Waals surface area (Å²) in [6.07, 6.45) is 0.546. The smallest absolute Gasteiger partial charge is 0.326 e. The Hall–Kier alpha value is -1.71. The summed E-state index contributed by atoms with van der Waals surface area (Å²) in [5.41, 5.74) is 0.791. The fraction of sp³-hybridized carbons (Fsp3) is 0.417. The third-order valence-electron chi connectivity index (χ3n) is 2.60. The van der Waals surface area contributed by atoms with E-state index in [9.17, 15) is 4.79 Å². The summed E-state index contributed by atoms with van der Waals surface area (Å²) in [6.45, 7) is 1.85. The molecule has 1 N–H and O–H groups in total. The lowest BCUT2D eigenvalue weighted by molar-refractivity contribution is -0.138. The maximum Gasteiger partial charge on any atom is 0.326 e. The third-order valence-corrected chi connectivity index (χ3v) is 2.60. The summed E-state index contributed by atoms with van der Waals surface area (Å²) in [5.74, 6) is -0.138. The number of carbonyl (C=O) groups is 1. The van der Waals surface area contributed by atoms with Gasteiger partial charge in [0.15, 0.2) is 0 Å². The van der Waals surface area contributed by atoms with Gasteiger partial charge in [-0.15, -0.1) is 0 Å². The zero-order valence-corrected chi connectivity index (χ0v) is 9.80. The molecular weight excluding hydrogens is 206 g/mol. The lowest BCUT2D eigenvalue weighted by atomic mass is 10.1. The molecule has 0 amide bonds. The van der Waals surface area contributed by atoms with Crippen molar-refractivity contribution in [2.75, 3.05) is 19.1 Å². The van der Waals surface area contributed by atoms with E-state index in [1.807, 2.05) is 31.2 Å². The van der Waals surface area contributed by atoms with Gasteiger partial charge in [-0.2, -0.15) is 0 Å². The van der Waals surface area contributed by atoms with Crippen molar-refractivity contribution in [3.63, 3.8) is 0 Å². The topological polar surface area (TPSA) is 49.8 Å². The van der Waals surface area contributed by atoms with Gasteiger partial charge in [0.25, 0.3) is 0 Å². The lowest BCUT2D eigenvalue weighted by Crippen LogP contribution is -2.38. The van der Waals surface area contributed by atoms with Gasteiger partial charge in [0.1, 0.15) is 11.8 Å². The molecule has 1 atom stereocenters. The summed E-state index contributed by atoms with van der Waals surface area (Å²) in [5, 5.41) is 9.09. The molecule has 0 aromatic heterocycles. The van der Waals surface area contributed by atoms with Gasteiger partial charge >= 0.3 is 5.97 Å². The molecule has 1 aromatic rings. The molecule has 16 heavy (non-hydrogen) atoms. The molecular formula is C12H17NO3. The predicted molar refractivity (Wildman–Crippen MR) is 63.1 cm³/mol. The minimum atomic E-state index is -0.823. The van der Waals surface area contributed by atoms with Gasteiger partial charge in [0.2, 0.25) is 0 Å². The van der Waals surface area contributed by atoms with E-state index in [2.05, 4.69) is 0 Å². The second-order valence-corrected chi connectivity index (χ2v) is 3.55. The van der Waals surface area contributed by atoms with Crippen LogP contribution in [-0.4, -0.2) is 31.3 Å². The van der Waals surface area contributed by atoms with Crippen molar-refractivity contribution in [3.8, 4) is 5.75 Å². The van der Waals surface area contributed by atoms with Gasteiger partial charge in [0, 0.05) is 7.05 Å². The Bertz CT molecular complexity index is 365. The number of ether oxygens (including phenoxy) is 1. The van der Waals surface area contributed by atoms with Gasteiger partial charge in [-0.1, -0.05) is 19.1 Å².